The minimum Gasteiger partial charge on any atom is -0.396 e. The average Bonchev–Trinajstić information content (AvgIpc) is 2.44. The summed E-state index contributed by atoms with van der Waals surface area (Å²) in [7, 11) is 0. The molecule has 0 bridgehead atoms. The summed E-state index contributed by atoms with van der Waals surface area (Å²) in [5.74, 6) is -23.2. The van der Waals surface area contributed by atoms with E-state index in [0.29, 0.717) is 6.42 Å². The fraction of sp³-hybridized carbons (Fsp3) is 1.00. The first kappa shape index (κ1) is 22.4. The van der Waals surface area contributed by atoms with Gasteiger partial charge in [-0.05, 0) is 19.3 Å². The molecule has 0 amide bonds. The van der Waals surface area contributed by atoms with Gasteiger partial charge in [0.15, 0.2) is 0 Å². The van der Waals surface area contributed by atoms with Crippen molar-refractivity contribution in [2.75, 3.05) is 19.8 Å². The predicted molar refractivity (Wildman–Crippen MR) is 66.5 cm³/mol. The first-order valence-electron chi connectivity index (χ1n) is 7.07. The van der Waals surface area contributed by atoms with Gasteiger partial charge in [-0.25, -0.2) is 0 Å². The summed E-state index contributed by atoms with van der Waals surface area (Å²) < 4.78 is 111. The Hall–Kier alpha value is -0.640. The summed E-state index contributed by atoms with van der Waals surface area (Å²) in [5, 5.41) is 8.32. The molecule has 0 heterocycles. The number of hydrogen-bond acceptors (Lipinski definition) is 2. The second kappa shape index (κ2) is 8.46. The van der Waals surface area contributed by atoms with Gasteiger partial charge in [-0.2, -0.15) is 35.1 Å². The Bertz CT molecular complexity index is 347. The standard InChI is InChI=1S/C13H20F8O2/c1-2-8-23-9-4-6-11(16,17)13(20,21)12(18,19)10(14,15)5-3-7-22/h22H,2-9H2,1H3. The second-order valence-electron chi connectivity index (χ2n) is 5.10. The summed E-state index contributed by atoms with van der Waals surface area (Å²) in [6.07, 6.45) is -4.60. The lowest BCUT2D eigenvalue weighted by Gasteiger charge is -2.37. The third kappa shape index (κ3) is 5.17. The van der Waals surface area contributed by atoms with Crippen molar-refractivity contribution in [1.29, 1.82) is 0 Å². The van der Waals surface area contributed by atoms with Crippen LogP contribution in [0.15, 0.2) is 0 Å². The first-order valence-corrected chi connectivity index (χ1v) is 7.07. The Balaban J connectivity index is 5.01. The molecule has 0 aliphatic carbocycles. The summed E-state index contributed by atoms with van der Waals surface area (Å²) in [6, 6.07) is 0. The van der Waals surface area contributed by atoms with Gasteiger partial charge in [0, 0.05) is 32.7 Å². The van der Waals surface area contributed by atoms with Crippen molar-refractivity contribution in [2.45, 2.75) is 62.7 Å². The maximum absolute atomic E-state index is 13.4. The largest absolute Gasteiger partial charge is 0.396 e. The van der Waals surface area contributed by atoms with Crippen LogP contribution in [0.4, 0.5) is 35.1 Å². The van der Waals surface area contributed by atoms with E-state index in [0.717, 1.165) is 0 Å². The van der Waals surface area contributed by atoms with Crippen molar-refractivity contribution < 1.29 is 45.0 Å². The zero-order valence-corrected chi connectivity index (χ0v) is 12.5. The number of aliphatic hydroxyl groups is 1. The van der Waals surface area contributed by atoms with E-state index in [-0.39, 0.29) is 13.2 Å². The van der Waals surface area contributed by atoms with Crippen LogP contribution in [0.5, 0.6) is 0 Å². The molecule has 0 atom stereocenters. The molecule has 0 spiro atoms. The van der Waals surface area contributed by atoms with E-state index in [1.807, 2.05) is 0 Å². The highest BCUT2D eigenvalue weighted by Gasteiger charge is 2.79. The highest BCUT2D eigenvalue weighted by molar-refractivity contribution is 5.03. The molecule has 140 valence electrons. The zero-order valence-electron chi connectivity index (χ0n) is 12.5. The van der Waals surface area contributed by atoms with Crippen molar-refractivity contribution in [1.82, 2.24) is 0 Å². The molecule has 0 saturated heterocycles. The monoisotopic (exact) mass is 360 g/mol. The average molecular weight is 360 g/mol. The lowest BCUT2D eigenvalue weighted by molar-refractivity contribution is -0.368. The van der Waals surface area contributed by atoms with Gasteiger partial charge in [-0.3, -0.25) is 0 Å². The lowest BCUT2D eigenvalue weighted by atomic mass is 9.93. The van der Waals surface area contributed by atoms with E-state index in [1.54, 1.807) is 6.92 Å². The number of hydrogen-bond donors (Lipinski definition) is 1. The van der Waals surface area contributed by atoms with Gasteiger partial charge in [0.05, 0.1) is 0 Å². The molecule has 0 radical (unpaired) electrons. The van der Waals surface area contributed by atoms with Crippen molar-refractivity contribution >= 4 is 0 Å². The first-order chi connectivity index (χ1) is 10.4. The zero-order chi connectivity index (χ0) is 18.4. The van der Waals surface area contributed by atoms with Gasteiger partial charge in [0.1, 0.15) is 0 Å². The van der Waals surface area contributed by atoms with E-state index in [2.05, 4.69) is 0 Å². The van der Waals surface area contributed by atoms with Crippen LogP contribution in [0.25, 0.3) is 0 Å². The van der Waals surface area contributed by atoms with Crippen LogP contribution in [0, 0.1) is 0 Å². The van der Waals surface area contributed by atoms with Crippen LogP contribution in [0.1, 0.15) is 39.0 Å². The highest BCUT2D eigenvalue weighted by Crippen LogP contribution is 2.54. The number of aliphatic hydroxyl groups excluding tert-OH is 1. The molecule has 0 unspecified atom stereocenters. The maximum atomic E-state index is 13.4. The van der Waals surface area contributed by atoms with E-state index in [1.165, 1.54) is 0 Å². The van der Waals surface area contributed by atoms with Gasteiger partial charge in [-0.15, -0.1) is 0 Å². The molecule has 0 aliphatic heterocycles. The maximum Gasteiger partial charge on any atom is 0.378 e. The van der Waals surface area contributed by atoms with Crippen LogP contribution in [0.2, 0.25) is 0 Å². The second-order valence-corrected chi connectivity index (χ2v) is 5.10. The fourth-order valence-corrected chi connectivity index (χ4v) is 1.72. The normalized spacial score (nSPS) is 14.3. The number of alkyl halides is 8. The number of halogens is 8. The Morgan fingerprint density at radius 2 is 1.17 bits per heavy atom. The van der Waals surface area contributed by atoms with Gasteiger partial charge in [0.25, 0.3) is 0 Å². The predicted octanol–water partition coefficient (Wildman–Crippen LogP) is 4.51. The molecular weight excluding hydrogens is 340 g/mol. The van der Waals surface area contributed by atoms with Gasteiger partial charge >= 0.3 is 23.7 Å². The minimum atomic E-state index is -6.25. The summed E-state index contributed by atoms with van der Waals surface area (Å²) in [5.41, 5.74) is 0. The molecule has 0 aliphatic rings. The van der Waals surface area contributed by atoms with E-state index in [9.17, 15) is 35.1 Å². The van der Waals surface area contributed by atoms with Crippen molar-refractivity contribution in [3.63, 3.8) is 0 Å². The van der Waals surface area contributed by atoms with Crippen LogP contribution < -0.4 is 0 Å². The third-order valence-corrected chi connectivity index (χ3v) is 3.09. The van der Waals surface area contributed by atoms with Crippen LogP contribution in [-0.4, -0.2) is 48.6 Å². The van der Waals surface area contributed by atoms with Crippen molar-refractivity contribution in [3.05, 3.63) is 0 Å². The fourth-order valence-electron chi connectivity index (χ4n) is 1.72. The summed E-state index contributed by atoms with van der Waals surface area (Å²) in [6.45, 7) is 0.559. The molecule has 0 saturated carbocycles. The Morgan fingerprint density at radius 1 is 0.739 bits per heavy atom. The van der Waals surface area contributed by atoms with Crippen molar-refractivity contribution in [2.24, 2.45) is 0 Å². The summed E-state index contributed by atoms with van der Waals surface area (Å²) in [4.78, 5) is 0. The minimum absolute atomic E-state index is 0.178. The number of rotatable bonds is 12. The van der Waals surface area contributed by atoms with E-state index < -0.39 is 56.0 Å². The van der Waals surface area contributed by atoms with Gasteiger partial charge < -0.3 is 9.84 Å². The van der Waals surface area contributed by atoms with Gasteiger partial charge in [-0.1, -0.05) is 6.92 Å². The molecule has 0 fully saturated rings. The SMILES string of the molecule is CCCOCCCC(F)(F)C(F)(F)C(F)(F)C(F)(F)CCCO. The quantitative estimate of drug-likeness (QED) is 0.410. The molecule has 0 rings (SSSR count). The van der Waals surface area contributed by atoms with Gasteiger partial charge in [0.2, 0.25) is 0 Å². The molecule has 0 aromatic heterocycles. The molecule has 1 N–H and O–H groups in total. The lowest BCUT2D eigenvalue weighted by Crippen LogP contribution is -2.62. The van der Waals surface area contributed by atoms with E-state index in [4.69, 9.17) is 9.84 Å². The highest BCUT2D eigenvalue weighted by atomic mass is 19.4. The van der Waals surface area contributed by atoms with Crippen LogP contribution in [-0.2, 0) is 4.74 Å². The summed E-state index contributed by atoms with van der Waals surface area (Å²) >= 11 is 0. The molecule has 10 heteroatoms. The molecule has 0 aromatic carbocycles. The molecule has 0 aromatic rings. The van der Waals surface area contributed by atoms with Crippen LogP contribution in [0.3, 0.4) is 0 Å². The Morgan fingerprint density at radius 3 is 1.57 bits per heavy atom. The molecular formula is C13H20F8O2. The van der Waals surface area contributed by atoms with Crippen molar-refractivity contribution in [3.8, 4) is 0 Å². The molecule has 23 heavy (non-hydrogen) atoms. The Kier molecular flexibility index (Phi) is 8.22. The van der Waals surface area contributed by atoms with E-state index >= 15 is 0 Å². The van der Waals surface area contributed by atoms with Crippen LogP contribution >= 0.6 is 0 Å². The topological polar surface area (TPSA) is 29.5 Å². The molecule has 2 nitrogen and oxygen atoms in total. The smallest absolute Gasteiger partial charge is 0.378 e. The number of ether oxygens (including phenoxy) is 1. The Labute approximate surface area is 128 Å². The third-order valence-electron chi connectivity index (χ3n) is 3.09.